The molecule has 2 aromatic heterocycles. The minimum atomic E-state index is -0.00995. The van der Waals surface area contributed by atoms with E-state index in [9.17, 15) is 0 Å². The average Bonchev–Trinajstić information content (AvgIpc) is 3.21. The van der Waals surface area contributed by atoms with E-state index in [2.05, 4.69) is 52.6 Å². The van der Waals surface area contributed by atoms with E-state index in [1.807, 2.05) is 33.8 Å². The monoisotopic (exact) mass is 306 g/mol. The zero-order chi connectivity index (χ0) is 15.8. The van der Waals surface area contributed by atoms with E-state index in [1.165, 1.54) is 0 Å². The fraction of sp³-hybridized carbons (Fsp3) is 0.235. The predicted octanol–water partition coefficient (Wildman–Crippen LogP) is 2.86. The number of rotatable bonds is 3. The number of hydrogen-bond donors (Lipinski definition) is 1. The van der Waals surface area contributed by atoms with Crippen LogP contribution < -0.4 is 5.32 Å². The van der Waals surface area contributed by atoms with Crippen molar-refractivity contribution in [2.24, 2.45) is 0 Å². The van der Waals surface area contributed by atoms with E-state index >= 15 is 0 Å². The fourth-order valence-electron chi connectivity index (χ4n) is 3.01. The molecule has 3 heterocycles. The van der Waals surface area contributed by atoms with Crippen molar-refractivity contribution in [1.82, 2.24) is 24.5 Å². The van der Waals surface area contributed by atoms with Crippen LogP contribution in [0.3, 0.4) is 0 Å². The zero-order valence-electron chi connectivity index (χ0n) is 13.1. The van der Waals surface area contributed by atoms with Gasteiger partial charge in [-0.1, -0.05) is 30.3 Å². The summed E-state index contributed by atoms with van der Waals surface area (Å²) >= 11 is 0. The van der Waals surface area contributed by atoms with Crippen molar-refractivity contribution in [1.29, 1.82) is 0 Å². The van der Waals surface area contributed by atoms with Gasteiger partial charge >= 0.3 is 0 Å². The molecule has 1 aliphatic rings. The van der Waals surface area contributed by atoms with Crippen LogP contribution in [0.25, 0.3) is 5.70 Å². The van der Waals surface area contributed by atoms with Gasteiger partial charge < -0.3 is 5.32 Å². The van der Waals surface area contributed by atoms with E-state index in [-0.39, 0.29) is 6.04 Å². The molecule has 1 aromatic carbocycles. The second kappa shape index (κ2) is 5.39. The smallest absolute Gasteiger partial charge is 0.226 e. The van der Waals surface area contributed by atoms with Crippen molar-refractivity contribution in [2.75, 3.05) is 5.32 Å². The molecular formula is C17H18N6. The van der Waals surface area contributed by atoms with Crippen LogP contribution in [0.15, 0.2) is 48.9 Å². The van der Waals surface area contributed by atoms with Crippen molar-refractivity contribution in [3.63, 3.8) is 0 Å². The van der Waals surface area contributed by atoms with Crippen LogP contribution in [-0.4, -0.2) is 24.5 Å². The molecule has 6 heteroatoms. The Morgan fingerprint density at radius 3 is 2.74 bits per heavy atom. The van der Waals surface area contributed by atoms with Gasteiger partial charge in [0.15, 0.2) is 0 Å². The first-order valence-corrected chi connectivity index (χ1v) is 7.74. The molecule has 1 aliphatic heterocycles. The van der Waals surface area contributed by atoms with Crippen LogP contribution in [0.4, 0.5) is 5.95 Å². The molecule has 6 nitrogen and oxygen atoms in total. The van der Waals surface area contributed by atoms with E-state index in [0.717, 1.165) is 35.0 Å². The highest BCUT2D eigenvalue weighted by Crippen LogP contribution is 2.32. The van der Waals surface area contributed by atoms with Gasteiger partial charge in [0.05, 0.1) is 6.20 Å². The third-order valence-corrected chi connectivity index (χ3v) is 4.25. The van der Waals surface area contributed by atoms with E-state index < -0.39 is 0 Å². The highest BCUT2D eigenvalue weighted by Gasteiger charge is 2.26. The minimum absolute atomic E-state index is 0.00995. The zero-order valence-corrected chi connectivity index (χ0v) is 13.1. The normalized spacial score (nSPS) is 16.6. The highest BCUT2D eigenvalue weighted by atomic mass is 15.4. The third-order valence-electron chi connectivity index (χ3n) is 4.25. The third kappa shape index (κ3) is 2.23. The first-order valence-electron chi connectivity index (χ1n) is 7.74. The van der Waals surface area contributed by atoms with Gasteiger partial charge in [-0.05, 0) is 25.5 Å². The Morgan fingerprint density at radius 2 is 2.00 bits per heavy atom. The maximum atomic E-state index is 4.47. The van der Waals surface area contributed by atoms with Crippen molar-refractivity contribution in [3.05, 3.63) is 65.8 Å². The van der Waals surface area contributed by atoms with Gasteiger partial charge in [0.25, 0.3) is 0 Å². The summed E-state index contributed by atoms with van der Waals surface area (Å²) in [4.78, 5) is 4.34. The number of anilines is 1. The first-order chi connectivity index (χ1) is 11.3. The number of hydrogen-bond acceptors (Lipinski definition) is 4. The molecule has 1 atom stereocenters. The van der Waals surface area contributed by atoms with Gasteiger partial charge in [0, 0.05) is 23.5 Å². The number of nitrogens with zero attached hydrogens (tertiary/aromatic N) is 5. The highest BCUT2D eigenvalue weighted by molar-refractivity contribution is 5.77. The van der Waals surface area contributed by atoms with E-state index in [4.69, 9.17) is 0 Å². The lowest BCUT2D eigenvalue weighted by molar-refractivity contribution is 0.600. The summed E-state index contributed by atoms with van der Waals surface area (Å²) in [6.45, 7) is 5.05. The fourth-order valence-corrected chi connectivity index (χ4v) is 3.01. The molecule has 1 unspecified atom stereocenters. The molecule has 116 valence electrons. The minimum Gasteiger partial charge on any atom is -0.324 e. The van der Waals surface area contributed by atoms with Crippen LogP contribution in [0.1, 0.15) is 29.8 Å². The Balaban J connectivity index is 1.83. The summed E-state index contributed by atoms with van der Waals surface area (Å²) in [5.74, 6) is 0.750. The Kier molecular flexibility index (Phi) is 3.22. The maximum absolute atomic E-state index is 4.47. The molecule has 3 aromatic rings. The lowest BCUT2D eigenvalue weighted by Crippen LogP contribution is -2.20. The van der Waals surface area contributed by atoms with Gasteiger partial charge in [-0.15, -0.1) is 0 Å². The van der Waals surface area contributed by atoms with Crippen LogP contribution in [0.2, 0.25) is 0 Å². The molecule has 0 saturated carbocycles. The van der Waals surface area contributed by atoms with Crippen LogP contribution in [-0.2, 0) is 6.54 Å². The summed E-state index contributed by atoms with van der Waals surface area (Å²) in [5, 5.41) is 12.2. The van der Waals surface area contributed by atoms with Crippen molar-refractivity contribution < 1.29 is 0 Å². The Hall–Kier alpha value is -2.89. The van der Waals surface area contributed by atoms with Gasteiger partial charge in [0.1, 0.15) is 12.4 Å². The maximum Gasteiger partial charge on any atom is 0.226 e. The number of aromatic nitrogens is 5. The number of aryl methyl sites for hydroxylation is 1. The predicted molar refractivity (Wildman–Crippen MR) is 88.8 cm³/mol. The molecule has 23 heavy (non-hydrogen) atoms. The molecular weight excluding hydrogens is 288 g/mol. The lowest BCUT2D eigenvalue weighted by atomic mass is 10.0. The molecule has 4 rings (SSSR count). The summed E-state index contributed by atoms with van der Waals surface area (Å²) in [7, 11) is 0. The van der Waals surface area contributed by atoms with Crippen LogP contribution in [0.5, 0.6) is 0 Å². The summed E-state index contributed by atoms with van der Waals surface area (Å²) in [6.07, 6.45) is 5.69. The van der Waals surface area contributed by atoms with Gasteiger partial charge in [-0.3, -0.25) is 4.68 Å². The first kappa shape index (κ1) is 13.8. The SMILES string of the molecule is CCn1ncc(C2C=C(c3ccccc3)Nc3ncnn32)c1C. The van der Waals surface area contributed by atoms with Crippen molar-refractivity contribution >= 4 is 11.6 Å². The molecule has 1 N–H and O–H groups in total. The second-order valence-electron chi connectivity index (χ2n) is 5.55. The van der Waals surface area contributed by atoms with Gasteiger partial charge in [-0.25, -0.2) is 4.68 Å². The summed E-state index contributed by atoms with van der Waals surface area (Å²) in [5.41, 5.74) is 4.48. The van der Waals surface area contributed by atoms with Gasteiger partial charge in [0.2, 0.25) is 5.95 Å². The topological polar surface area (TPSA) is 60.6 Å². The quantitative estimate of drug-likeness (QED) is 0.808. The number of fused-ring (bicyclic) bond motifs is 1. The van der Waals surface area contributed by atoms with Crippen molar-refractivity contribution in [3.8, 4) is 0 Å². The molecule has 0 saturated heterocycles. The number of allylic oxidation sites excluding steroid dienone is 1. The largest absolute Gasteiger partial charge is 0.324 e. The second-order valence-corrected chi connectivity index (χ2v) is 5.55. The lowest BCUT2D eigenvalue weighted by Gasteiger charge is -2.24. The van der Waals surface area contributed by atoms with Crippen LogP contribution in [0, 0.1) is 6.92 Å². The van der Waals surface area contributed by atoms with Crippen molar-refractivity contribution in [2.45, 2.75) is 26.4 Å². The van der Waals surface area contributed by atoms with E-state index in [0.29, 0.717) is 0 Å². The Bertz CT molecular complexity index is 858. The number of nitrogens with one attached hydrogen (secondary N) is 1. The Morgan fingerprint density at radius 1 is 1.17 bits per heavy atom. The van der Waals surface area contributed by atoms with Gasteiger partial charge in [-0.2, -0.15) is 15.2 Å². The summed E-state index contributed by atoms with van der Waals surface area (Å²) < 4.78 is 3.90. The standard InChI is InChI=1S/C17H18N6/c1-3-22-12(2)14(10-19-22)16-9-15(13-7-5-4-6-8-13)21-17-18-11-20-23(16)17/h4-11,16H,3H2,1-2H3,(H,18,20,21). The molecule has 0 amide bonds. The van der Waals surface area contributed by atoms with Crippen LogP contribution >= 0.6 is 0 Å². The molecule has 0 fully saturated rings. The number of benzene rings is 1. The summed E-state index contributed by atoms with van der Waals surface area (Å²) in [6, 6.07) is 10.2. The Labute approximate surface area is 134 Å². The molecule has 0 aliphatic carbocycles. The van der Waals surface area contributed by atoms with E-state index in [1.54, 1.807) is 6.33 Å². The average molecular weight is 306 g/mol. The molecule has 0 spiro atoms. The molecule has 0 radical (unpaired) electrons. The molecule has 0 bridgehead atoms.